The van der Waals surface area contributed by atoms with E-state index in [1.54, 1.807) is 12.1 Å². The van der Waals surface area contributed by atoms with Gasteiger partial charge in [0.15, 0.2) is 0 Å². The number of alkyl halides is 3. The van der Waals surface area contributed by atoms with Gasteiger partial charge in [0.2, 0.25) is 0 Å². The minimum atomic E-state index is -4.46. The second-order valence-electron chi connectivity index (χ2n) is 4.47. The Hall–Kier alpha value is -2.19. The van der Waals surface area contributed by atoms with Gasteiger partial charge in [0.05, 0.1) is 17.6 Å². The van der Waals surface area contributed by atoms with Crippen LogP contribution in [0.2, 0.25) is 5.02 Å². The highest BCUT2D eigenvalue weighted by Crippen LogP contribution is 2.35. The number of hydrogen-bond donors (Lipinski definition) is 1. The Morgan fingerprint density at radius 3 is 2.43 bits per heavy atom. The Labute approximate surface area is 124 Å². The van der Waals surface area contributed by atoms with E-state index < -0.39 is 17.7 Å². The maximum atomic E-state index is 12.7. The van der Waals surface area contributed by atoms with Crippen molar-refractivity contribution in [3.05, 3.63) is 64.2 Å². The first-order chi connectivity index (χ1) is 9.82. The molecule has 0 aliphatic rings. The Balaban J connectivity index is 2.50. The SMILES string of the molecule is N#CC(c1cccc(C(F)(F)F)c1)c1ccc(N)cc1Cl. The third kappa shape index (κ3) is 3.29. The van der Waals surface area contributed by atoms with Gasteiger partial charge in [-0.15, -0.1) is 0 Å². The number of hydrogen-bond acceptors (Lipinski definition) is 2. The van der Waals surface area contributed by atoms with Crippen LogP contribution in [-0.2, 0) is 6.18 Å². The van der Waals surface area contributed by atoms with E-state index in [-0.39, 0.29) is 10.6 Å². The van der Waals surface area contributed by atoms with Gasteiger partial charge < -0.3 is 5.73 Å². The highest BCUT2D eigenvalue weighted by molar-refractivity contribution is 6.31. The average Bonchev–Trinajstić information content (AvgIpc) is 2.41. The molecule has 0 aliphatic carbocycles. The van der Waals surface area contributed by atoms with E-state index in [0.29, 0.717) is 11.3 Å². The zero-order valence-corrected chi connectivity index (χ0v) is 11.4. The summed E-state index contributed by atoms with van der Waals surface area (Å²) in [5.41, 5.74) is 5.85. The zero-order chi connectivity index (χ0) is 15.6. The molecule has 0 fully saturated rings. The van der Waals surface area contributed by atoms with Crippen molar-refractivity contribution in [2.24, 2.45) is 0 Å². The number of anilines is 1. The molecule has 108 valence electrons. The molecule has 6 heteroatoms. The Bertz CT molecular complexity index is 705. The molecule has 0 bridgehead atoms. The number of halogens is 4. The normalized spacial score (nSPS) is 12.7. The quantitative estimate of drug-likeness (QED) is 0.824. The Morgan fingerprint density at radius 2 is 1.86 bits per heavy atom. The lowest BCUT2D eigenvalue weighted by Gasteiger charge is -2.14. The molecule has 0 heterocycles. The fraction of sp³-hybridized carbons (Fsp3) is 0.133. The summed E-state index contributed by atoms with van der Waals surface area (Å²) < 4.78 is 38.2. The molecular weight excluding hydrogens is 301 g/mol. The summed E-state index contributed by atoms with van der Waals surface area (Å²) in [4.78, 5) is 0. The number of nitriles is 1. The average molecular weight is 311 g/mol. The first-order valence-corrected chi connectivity index (χ1v) is 6.32. The lowest BCUT2D eigenvalue weighted by Crippen LogP contribution is -2.07. The van der Waals surface area contributed by atoms with Crippen LogP contribution in [0.3, 0.4) is 0 Å². The number of nitrogens with zero attached hydrogens (tertiary/aromatic N) is 1. The van der Waals surface area contributed by atoms with Gasteiger partial charge in [-0.3, -0.25) is 0 Å². The number of rotatable bonds is 2. The molecule has 0 radical (unpaired) electrons. The molecule has 0 aliphatic heterocycles. The fourth-order valence-corrected chi connectivity index (χ4v) is 2.29. The molecule has 2 rings (SSSR count). The molecule has 0 aromatic heterocycles. The first-order valence-electron chi connectivity index (χ1n) is 5.94. The third-order valence-corrected chi connectivity index (χ3v) is 3.34. The van der Waals surface area contributed by atoms with Crippen LogP contribution in [0.15, 0.2) is 42.5 Å². The topological polar surface area (TPSA) is 49.8 Å². The summed E-state index contributed by atoms with van der Waals surface area (Å²) in [6, 6.07) is 11.2. The molecule has 2 aromatic rings. The standard InChI is InChI=1S/C15H10ClF3N2/c16-14-7-11(21)4-5-12(14)13(8-20)9-2-1-3-10(6-9)15(17,18)19/h1-7,13H,21H2. The molecule has 21 heavy (non-hydrogen) atoms. The second-order valence-corrected chi connectivity index (χ2v) is 4.87. The van der Waals surface area contributed by atoms with Gasteiger partial charge in [-0.1, -0.05) is 35.9 Å². The van der Waals surface area contributed by atoms with Crippen molar-refractivity contribution < 1.29 is 13.2 Å². The van der Waals surface area contributed by atoms with Crippen LogP contribution in [0.5, 0.6) is 0 Å². The predicted octanol–water partition coefficient (Wildman–Crippen LogP) is 4.60. The van der Waals surface area contributed by atoms with E-state index in [2.05, 4.69) is 0 Å². The van der Waals surface area contributed by atoms with Crippen molar-refractivity contribution in [2.45, 2.75) is 12.1 Å². The van der Waals surface area contributed by atoms with Crippen LogP contribution in [-0.4, -0.2) is 0 Å². The molecule has 0 amide bonds. The molecule has 1 atom stereocenters. The molecule has 2 nitrogen and oxygen atoms in total. The van der Waals surface area contributed by atoms with E-state index in [0.717, 1.165) is 12.1 Å². The number of nitrogens with two attached hydrogens (primary N) is 1. The minimum Gasteiger partial charge on any atom is -0.399 e. The van der Waals surface area contributed by atoms with Crippen LogP contribution in [0.25, 0.3) is 0 Å². The summed E-state index contributed by atoms with van der Waals surface area (Å²) in [5.74, 6) is -0.889. The highest BCUT2D eigenvalue weighted by Gasteiger charge is 2.31. The van der Waals surface area contributed by atoms with E-state index in [1.807, 2.05) is 6.07 Å². The van der Waals surface area contributed by atoms with Gasteiger partial charge in [0, 0.05) is 10.7 Å². The van der Waals surface area contributed by atoms with Gasteiger partial charge >= 0.3 is 6.18 Å². The van der Waals surface area contributed by atoms with Crippen LogP contribution in [0.1, 0.15) is 22.6 Å². The third-order valence-electron chi connectivity index (χ3n) is 3.01. The molecular formula is C15H10ClF3N2. The summed E-state index contributed by atoms with van der Waals surface area (Å²) >= 11 is 6.03. The van der Waals surface area contributed by atoms with Crippen molar-refractivity contribution in [2.75, 3.05) is 5.73 Å². The minimum absolute atomic E-state index is 0.235. The number of benzene rings is 2. The number of nitrogen functional groups attached to an aromatic ring is 1. The molecule has 2 N–H and O–H groups in total. The van der Waals surface area contributed by atoms with Gasteiger partial charge in [0.1, 0.15) is 0 Å². The summed E-state index contributed by atoms with van der Waals surface area (Å²) in [6.07, 6.45) is -4.46. The van der Waals surface area contributed by atoms with E-state index in [4.69, 9.17) is 17.3 Å². The van der Waals surface area contributed by atoms with Crippen LogP contribution < -0.4 is 5.73 Å². The highest BCUT2D eigenvalue weighted by atomic mass is 35.5. The maximum Gasteiger partial charge on any atom is 0.416 e. The van der Waals surface area contributed by atoms with Crippen molar-refractivity contribution in [1.82, 2.24) is 0 Å². The molecule has 2 aromatic carbocycles. The maximum absolute atomic E-state index is 12.7. The summed E-state index contributed by atoms with van der Waals surface area (Å²) in [7, 11) is 0. The predicted molar refractivity (Wildman–Crippen MR) is 74.8 cm³/mol. The van der Waals surface area contributed by atoms with Gasteiger partial charge in [-0.05, 0) is 29.3 Å². The Kier molecular flexibility index (Phi) is 4.10. The van der Waals surface area contributed by atoms with Gasteiger partial charge in [-0.2, -0.15) is 18.4 Å². The molecule has 0 spiro atoms. The monoisotopic (exact) mass is 310 g/mol. The smallest absolute Gasteiger partial charge is 0.399 e. The lowest BCUT2D eigenvalue weighted by atomic mass is 9.91. The van der Waals surface area contributed by atoms with E-state index in [1.165, 1.54) is 18.2 Å². The van der Waals surface area contributed by atoms with Crippen LogP contribution >= 0.6 is 11.6 Å². The van der Waals surface area contributed by atoms with Crippen molar-refractivity contribution in [1.29, 1.82) is 5.26 Å². The largest absolute Gasteiger partial charge is 0.416 e. The zero-order valence-electron chi connectivity index (χ0n) is 10.7. The van der Waals surface area contributed by atoms with Crippen molar-refractivity contribution in [3.8, 4) is 6.07 Å². The first kappa shape index (κ1) is 15.2. The van der Waals surface area contributed by atoms with Gasteiger partial charge in [-0.25, -0.2) is 0 Å². The van der Waals surface area contributed by atoms with Crippen LogP contribution in [0, 0.1) is 11.3 Å². The fourth-order valence-electron chi connectivity index (χ4n) is 2.00. The van der Waals surface area contributed by atoms with Gasteiger partial charge in [0.25, 0.3) is 0 Å². The molecule has 0 saturated heterocycles. The lowest BCUT2D eigenvalue weighted by molar-refractivity contribution is -0.137. The summed E-state index contributed by atoms with van der Waals surface area (Å²) in [5, 5.41) is 9.55. The van der Waals surface area contributed by atoms with E-state index >= 15 is 0 Å². The molecule has 0 saturated carbocycles. The van der Waals surface area contributed by atoms with Crippen molar-refractivity contribution >= 4 is 17.3 Å². The van der Waals surface area contributed by atoms with Crippen molar-refractivity contribution in [3.63, 3.8) is 0 Å². The van der Waals surface area contributed by atoms with E-state index in [9.17, 15) is 18.4 Å². The Morgan fingerprint density at radius 1 is 1.14 bits per heavy atom. The second kappa shape index (κ2) is 5.66. The molecule has 1 unspecified atom stereocenters. The summed E-state index contributed by atoms with van der Waals surface area (Å²) in [6.45, 7) is 0. The van der Waals surface area contributed by atoms with Crippen LogP contribution in [0.4, 0.5) is 18.9 Å².